The molecule has 1 aliphatic heterocycles. The summed E-state index contributed by atoms with van der Waals surface area (Å²) in [5.74, 6) is -0.0690. The normalized spacial score (nSPS) is 17.0. The summed E-state index contributed by atoms with van der Waals surface area (Å²) in [6.45, 7) is 4.05. The van der Waals surface area contributed by atoms with E-state index in [0.717, 1.165) is 11.1 Å². The monoisotopic (exact) mass is 435 g/mol. The summed E-state index contributed by atoms with van der Waals surface area (Å²) in [5, 5.41) is 3.64. The topological polar surface area (TPSA) is 69.7 Å². The molecule has 1 heterocycles. The summed E-state index contributed by atoms with van der Waals surface area (Å²) in [6, 6.07) is 16.5. The van der Waals surface area contributed by atoms with Crippen molar-refractivity contribution in [3.63, 3.8) is 0 Å². The highest BCUT2D eigenvalue weighted by molar-refractivity contribution is 7.88. The Balaban J connectivity index is 1.46. The van der Waals surface area contributed by atoms with Crippen LogP contribution in [0.1, 0.15) is 24.1 Å². The molecule has 1 amide bonds. The molecule has 1 fully saturated rings. The highest BCUT2D eigenvalue weighted by atomic mass is 35.5. The number of carbonyl (C=O) groups excluding carboxylic acids is 1. The van der Waals surface area contributed by atoms with Crippen LogP contribution in [0.15, 0.2) is 54.6 Å². The molecule has 3 rings (SSSR count). The van der Waals surface area contributed by atoms with Crippen LogP contribution in [0.3, 0.4) is 0 Å². The van der Waals surface area contributed by atoms with Crippen molar-refractivity contribution < 1.29 is 13.2 Å². The van der Waals surface area contributed by atoms with Gasteiger partial charge in [-0.2, -0.15) is 4.31 Å². The molecule has 156 valence electrons. The van der Waals surface area contributed by atoms with E-state index in [9.17, 15) is 13.2 Å². The van der Waals surface area contributed by atoms with Crippen molar-refractivity contribution >= 4 is 27.5 Å². The van der Waals surface area contributed by atoms with E-state index in [-0.39, 0.29) is 24.2 Å². The molecule has 2 aromatic rings. The lowest BCUT2D eigenvalue weighted by atomic mass is 10.1. The summed E-state index contributed by atoms with van der Waals surface area (Å²) in [4.78, 5) is 14.4. The molecule has 8 heteroatoms. The largest absolute Gasteiger partial charge is 0.348 e. The van der Waals surface area contributed by atoms with E-state index in [1.807, 2.05) is 54.3 Å². The third kappa shape index (κ3) is 6.27. The summed E-state index contributed by atoms with van der Waals surface area (Å²) in [6.07, 6.45) is 0. The zero-order chi connectivity index (χ0) is 20.9. The predicted molar refractivity (Wildman–Crippen MR) is 115 cm³/mol. The van der Waals surface area contributed by atoms with Gasteiger partial charge < -0.3 is 5.32 Å². The number of benzene rings is 2. The van der Waals surface area contributed by atoms with Gasteiger partial charge in [0.25, 0.3) is 0 Å². The van der Waals surface area contributed by atoms with Gasteiger partial charge in [-0.15, -0.1) is 0 Å². The van der Waals surface area contributed by atoms with Crippen LogP contribution in [0.25, 0.3) is 0 Å². The molecule has 29 heavy (non-hydrogen) atoms. The van der Waals surface area contributed by atoms with Crippen molar-refractivity contribution in [1.82, 2.24) is 14.5 Å². The van der Waals surface area contributed by atoms with Crippen molar-refractivity contribution in [1.29, 1.82) is 0 Å². The van der Waals surface area contributed by atoms with Gasteiger partial charge in [0.2, 0.25) is 15.9 Å². The summed E-state index contributed by atoms with van der Waals surface area (Å²) in [5.41, 5.74) is 1.77. The third-order valence-corrected chi connectivity index (χ3v) is 7.13. The lowest BCUT2D eigenvalue weighted by molar-refractivity contribution is -0.123. The second kappa shape index (κ2) is 9.71. The molecule has 0 saturated carbocycles. The smallest absolute Gasteiger partial charge is 0.234 e. The van der Waals surface area contributed by atoms with E-state index in [1.165, 1.54) is 4.31 Å². The van der Waals surface area contributed by atoms with Gasteiger partial charge in [-0.25, -0.2) is 8.42 Å². The lowest BCUT2D eigenvalue weighted by Crippen LogP contribution is -2.51. The molecule has 1 unspecified atom stereocenters. The fourth-order valence-electron chi connectivity index (χ4n) is 3.37. The molecule has 2 aromatic carbocycles. The number of sulfonamides is 1. The quantitative estimate of drug-likeness (QED) is 0.725. The van der Waals surface area contributed by atoms with Gasteiger partial charge >= 0.3 is 0 Å². The van der Waals surface area contributed by atoms with Crippen molar-refractivity contribution in [2.75, 3.05) is 32.7 Å². The molecule has 0 radical (unpaired) electrons. The van der Waals surface area contributed by atoms with E-state index >= 15 is 0 Å². The molecule has 1 aliphatic rings. The van der Waals surface area contributed by atoms with Crippen LogP contribution in [-0.2, 0) is 20.6 Å². The van der Waals surface area contributed by atoms with Gasteiger partial charge in [-0.3, -0.25) is 9.69 Å². The molecule has 1 N–H and O–H groups in total. The summed E-state index contributed by atoms with van der Waals surface area (Å²) in [7, 11) is -3.35. The first-order valence-corrected chi connectivity index (χ1v) is 11.6. The number of hydrogen-bond acceptors (Lipinski definition) is 4. The number of halogens is 1. The minimum Gasteiger partial charge on any atom is -0.348 e. The Labute approximate surface area is 177 Å². The van der Waals surface area contributed by atoms with Crippen LogP contribution in [0.4, 0.5) is 0 Å². The number of nitrogens with zero attached hydrogens (tertiary/aromatic N) is 2. The maximum absolute atomic E-state index is 12.6. The zero-order valence-corrected chi connectivity index (χ0v) is 18.0. The Hall–Kier alpha value is -1.93. The predicted octanol–water partition coefficient (Wildman–Crippen LogP) is 2.66. The second-order valence-corrected chi connectivity index (χ2v) is 9.66. The highest BCUT2D eigenvalue weighted by Crippen LogP contribution is 2.16. The minimum atomic E-state index is -3.35. The van der Waals surface area contributed by atoms with Crippen LogP contribution in [0, 0.1) is 0 Å². The molecular formula is C21H26ClN3O3S. The Bertz CT molecular complexity index is 912. The number of rotatable bonds is 7. The van der Waals surface area contributed by atoms with Crippen LogP contribution in [-0.4, -0.2) is 56.3 Å². The second-order valence-electron chi connectivity index (χ2n) is 7.26. The molecule has 6 nitrogen and oxygen atoms in total. The van der Waals surface area contributed by atoms with Crippen molar-refractivity contribution in [2.24, 2.45) is 0 Å². The minimum absolute atomic E-state index is 0.00688. The van der Waals surface area contributed by atoms with Crippen molar-refractivity contribution in [3.05, 3.63) is 70.7 Å². The molecule has 0 bridgehead atoms. The number of amides is 1. The standard InChI is InChI=1S/C21H26ClN3O3S/c1-17(19-7-9-20(22)10-8-19)23-21(26)15-24-11-13-25(14-12-24)29(27,28)16-18-5-3-2-4-6-18/h2-10,17H,11-16H2,1H3,(H,23,26). The van der Waals surface area contributed by atoms with Gasteiger partial charge in [0, 0.05) is 31.2 Å². The SMILES string of the molecule is CC(NC(=O)CN1CCN(S(=O)(=O)Cc2ccccc2)CC1)c1ccc(Cl)cc1. The van der Waals surface area contributed by atoms with E-state index in [1.54, 1.807) is 12.1 Å². The molecule has 0 aromatic heterocycles. The highest BCUT2D eigenvalue weighted by Gasteiger charge is 2.28. The zero-order valence-electron chi connectivity index (χ0n) is 16.4. The average molecular weight is 436 g/mol. The first kappa shape index (κ1) is 21.8. The summed E-state index contributed by atoms with van der Waals surface area (Å²) >= 11 is 5.90. The van der Waals surface area contributed by atoms with Gasteiger partial charge in [0.1, 0.15) is 0 Å². The number of hydrogen-bond donors (Lipinski definition) is 1. The molecular weight excluding hydrogens is 410 g/mol. The Kier molecular flexibility index (Phi) is 7.29. The molecule has 1 atom stereocenters. The first-order valence-electron chi connectivity index (χ1n) is 9.62. The number of carbonyl (C=O) groups is 1. The van der Waals surface area contributed by atoms with E-state index in [4.69, 9.17) is 11.6 Å². The van der Waals surface area contributed by atoms with Gasteiger partial charge in [0.05, 0.1) is 18.3 Å². The maximum Gasteiger partial charge on any atom is 0.234 e. The average Bonchev–Trinajstić information content (AvgIpc) is 2.69. The van der Waals surface area contributed by atoms with Crippen molar-refractivity contribution in [2.45, 2.75) is 18.7 Å². The third-order valence-electron chi connectivity index (χ3n) is 5.03. The number of piperazine rings is 1. The fourth-order valence-corrected chi connectivity index (χ4v) is 5.01. The van der Waals surface area contributed by atoms with Gasteiger partial charge in [0.15, 0.2) is 0 Å². The Morgan fingerprint density at radius 2 is 1.66 bits per heavy atom. The van der Waals surface area contributed by atoms with Crippen LogP contribution in [0.5, 0.6) is 0 Å². The van der Waals surface area contributed by atoms with E-state index in [0.29, 0.717) is 31.2 Å². The number of nitrogens with one attached hydrogen (secondary N) is 1. The lowest BCUT2D eigenvalue weighted by Gasteiger charge is -2.33. The first-order chi connectivity index (χ1) is 13.8. The summed E-state index contributed by atoms with van der Waals surface area (Å²) < 4.78 is 26.8. The maximum atomic E-state index is 12.6. The van der Waals surface area contributed by atoms with Crippen LogP contribution in [0.2, 0.25) is 5.02 Å². The molecule has 0 aliphatic carbocycles. The van der Waals surface area contributed by atoms with Crippen LogP contribution < -0.4 is 5.32 Å². The molecule has 1 saturated heterocycles. The fraction of sp³-hybridized carbons (Fsp3) is 0.381. The Morgan fingerprint density at radius 1 is 1.03 bits per heavy atom. The molecule has 0 spiro atoms. The van der Waals surface area contributed by atoms with E-state index < -0.39 is 10.0 Å². The van der Waals surface area contributed by atoms with Crippen molar-refractivity contribution in [3.8, 4) is 0 Å². The van der Waals surface area contributed by atoms with Gasteiger partial charge in [-0.05, 0) is 30.2 Å². The van der Waals surface area contributed by atoms with Crippen LogP contribution >= 0.6 is 11.6 Å². The Morgan fingerprint density at radius 3 is 2.28 bits per heavy atom. The van der Waals surface area contributed by atoms with Gasteiger partial charge in [-0.1, -0.05) is 54.1 Å². The van der Waals surface area contributed by atoms with E-state index in [2.05, 4.69) is 5.32 Å².